The first kappa shape index (κ1) is 17.4. The van der Waals surface area contributed by atoms with Gasteiger partial charge in [0.15, 0.2) is 0 Å². The minimum atomic E-state index is -1.01. The molecule has 2 atom stereocenters. The maximum atomic E-state index is 11.6. The Balaban J connectivity index is 2.08. The standard InChI is InChI=1S/C18H18ClN3O3/c1-11-13(2-3-15(19)16(11)18(24)25)14-10-22(8-9-23)21-17(14)12-4-6-20-7-5-12/h2-7,10-11,13,23H,8-9H2,1H3,(H,24,25). The van der Waals surface area contributed by atoms with Crippen molar-refractivity contribution in [2.75, 3.05) is 6.61 Å². The molecule has 0 saturated carbocycles. The van der Waals surface area contributed by atoms with Crippen molar-refractivity contribution in [1.29, 1.82) is 0 Å². The number of nitrogens with zero attached hydrogens (tertiary/aromatic N) is 3. The van der Waals surface area contributed by atoms with Gasteiger partial charge in [0.25, 0.3) is 0 Å². The molecule has 7 heteroatoms. The molecule has 2 aromatic heterocycles. The van der Waals surface area contributed by atoms with Gasteiger partial charge in [-0.1, -0.05) is 24.6 Å². The number of pyridine rings is 1. The van der Waals surface area contributed by atoms with E-state index in [-0.39, 0.29) is 29.0 Å². The van der Waals surface area contributed by atoms with Crippen molar-refractivity contribution in [3.05, 3.63) is 59.0 Å². The zero-order valence-electron chi connectivity index (χ0n) is 13.6. The molecule has 1 aliphatic rings. The number of halogens is 1. The Labute approximate surface area is 150 Å². The molecule has 6 nitrogen and oxygen atoms in total. The van der Waals surface area contributed by atoms with Crippen molar-refractivity contribution in [2.24, 2.45) is 5.92 Å². The lowest BCUT2D eigenvalue weighted by Gasteiger charge is -2.25. The van der Waals surface area contributed by atoms with Gasteiger partial charge in [-0.15, -0.1) is 0 Å². The molecule has 0 fully saturated rings. The number of aliphatic carboxylic acids is 1. The van der Waals surface area contributed by atoms with E-state index in [1.54, 1.807) is 23.2 Å². The fourth-order valence-corrected chi connectivity index (χ4v) is 3.47. The molecule has 2 unspecified atom stereocenters. The van der Waals surface area contributed by atoms with Gasteiger partial charge in [-0.3, -0.25) is 9.67 Å². The highest BCUT2D eigenvalue weighted by molar-refractivity contribution is 6.33. The molecule has 0 amide bonds. The average Bonchev–Trinajstić information content (AvgIpc) is 2.99. The van der Waals surface area contributed by atoms with Crippen LogP contribution in [-0.2, 0) is 11.3 Å². The Bertz CT molecular complexity index is 843. The van der Waals surface area contributed by atoms with E-state index in [4.69, 9.17) is 11.6 Å². The molecule has 0 spiro atoms. The van der Waals surface area contributed by atoms with Gasteiger partial charge >= 0.3 is 5.97 Å². The molecule has 0 aromatic carbocycles. The van der Waals surface area contributed by atoms with Crippen molar-refractivity contribution in [3.8, 4) is 11.3 Å². The van der Waals surface area contributed by atoms with Crippen molar-refractivity contribution >= 4 is 17.6 Å². The lowest BCUT2D eigenvalue weighted by Crippen LogP contribution is -2.20. The first-order chi connectivity index (χ1) is 12.0. The van der Waals surface area contributed by atoms with E-state index in [2.05, 4.69) is 10.1 Å². The van der Waals surface area contributed by atoms with Gasteiger partial charge in [0.1, 0.15) is 0 Å². The van der Waals surface area contributed by atoms with Crippen LogP contribution in [0, 0.1) is 5.92 Å². The number of aliphatic hydroxyl groups excluding tert-OH is 1. The average molecular weight is 360 g/mol. The monoisotopic (exact) mass is 359 g/mol. The number of rotatable bonds is 5. The van der Waals surface area contributed by atoms with E-state index in [9.17, 15) is 15.0 Å². The van der Waals surface area contributed by atoms with Crippen LogP contribution in [-0.4, -0.2) is 37.6 Å². The van der Waals surface area contributed by atoms with Crippen LogP contribution < -0.4 is 0 Å². The largest absolute Gasteiger partial charge is 0.478 e. The third-order valence-corrected chi connectivity index (χ3v) is 4.69. The number of carboxylic acid groups (broad SMARTS) is 1. The van der Waals surface area contributed by atoms with Crippen molar-refractivity contribution in [2.45, 2.75) is 19.4 Å². The summed E-state index contributed by atoms with van der Waals surface area (Å²) in [5.74, 6) is -1.49. The van der Waals surface area contributed by atoms with Gasteiger partial charge < -0.3 is 10.2 Å². The Morgan fingerprint density at radius 3 is 2.72 bits per heavy atom. The number of carboxylic acids is 1. The SMILES string of the molecule is CC1C(C(=O)O)=C(Cl)C=CC1c1cn(CCO)nc1-c1ccncc1. The van der Waals surface area contributed by atoms with Crippen LogP contribution in [0.5, 0.6) is 0 Å². The topological polar surface area (TPSA) is 88.2 Å². The number of hydrogen-bond acceptors (Lipinski definition) is 4. The van der Waals surface area contributed by atoms with Gasteiger partial charge in [-0.05, 0) is 18.2 Å². The second-order valence-electron chi connectivity index (χ2n) is 5.90. The summed E-state index contributed by atoms with van der Waals surface area (Å²) in [5, 5.41) is 23.5. The normalized spacial score (nSPS) is 20.1. The molecule has 130 valence electrons. The van der Waals surface area contributed by atoms with E-state index in [0.29, 0.717) is 6.54 Å². The molecule has 2 aromatic rings. The van der Waals surface area contributed by atoms with Crippen molar-refractivity contribution in [1.82, 2.24) is 14.8 Å². The van der Waals surface area contributed by atoms with Crippen LogP contribution in [0.2, 0.25) is 0 Å². The second-order valence-corrected chi connectivity index (χ2v) is 6.30. The van der Waals surface area contributed by atoms with Gasteiger partial charge in [-0.2, -0.15) is 5.10 Å². The Morgan fingerprint density at radius 1 is 1.36 bits per heavy atom. The molecule has 0 saturated heterocycles. The summed E-state index contributed by atoms with van der Waals surface area (Å²) < 4.78 is 1.67. The summed E-state index contributed by atoms with van der Waals surface area (Å²) in [6.07, 6.45) is 8.77. The summed E-state index contributed by atoms with van der Waals surface area (Å²) in [6.45, 7) is 2.18. The molecular weight excluding hydrogens is 342 g/mol. The number of allylic oxidation sites excluding steroid dienone is 3. The van der Waals surface area contributed by atoms with Gasteiger partial charge in [0, 0.05) is 41.6 Å². The molecule has 0 bridgehead atoms. The van der Waals surface area contributed by atoms with E-state index in [0.717, 1.165) is 16.8 Å². The number of hydrogen-bond donors (Lipinski definition) is 2. The Kier molecular flexibility index (Phi) is 5.01. The van der Waals surface area contributed by atoms with Crippen LogP contribution >= 0.6 is 11.6 Å². The fourth-order valence-electron chi connectivity index (χ4n) is 3.14. The van der Waals surface area contributed by atoms with E-state index in [1.807, 2.05) is 31.3 Å². The molecule has 25 heavy (non-hydrogen) atoms. The van der Waals surface area contributed by atoms with Crippen LogP contribution in [0.1, 0.15) is 18.4 Å². The Morgan fingerprint density at radius 2 is 2.08 bits per heavy atom. The van der Waals surface area contributed by atoms with Crippen LogP contribution in [0.3, 0.4) is 0 Å². The second kappa shape index (κ2) is 7.21. The Hall–Kier alpha value is -2.44. The number of aliphatic hydroxyl groups is 1. The molecule has 2 N–H and O–H groups in total. The fraction of sp³-hybridized carbons (Fsp3) is 0.278. The van der Waals surface area contributed by atoms with Crippen molar-refractivity contribution in [3.63, 3.8) is 0 Å². The van der Waals surface area contributed by atoms with E-state index < -0.39 is 5.97 Å². The minimum Gasteiger partial charge on any atom is -0.478 e. The van der Waals surface area contributed by atoms with Gasteiger partial charge in [-0.25, -0.2) is 4.79 Å². The molecule has 3 rings (SSSR count). The summed E-state index contributed by atoms with van der Waals surface area (Å²) in [4.78, 5) is 15.6. The third kappa shape index (κ3) is 3.36. The van der Waals surface area contributed by atoms with Crippen molar-refractivity contribution < 1.29 is 15.0 Å². The summed E-state index contributed by atoms with van der Waals surface area (Å²) >= 11 is 6.09. The quantitative estimate of drug-likeness (QED) is 0.857. The zero-order chi connectivity index (χ0) is 18.0. The molecular formula is C18H18ClN3O3. The zero-order valence-corrected chi connectivity index (χ0v) is 14.4. The first-order valence-corrected chi connectivity index (χ1v) is 8.30. The minimum absolute atomic E-state index is 0.0287. The molecule has 0 radical (unpaired) electrons. The van der Waals surface area contributed by atoms with Gasteiger partial charge in [0.05, 0.1) is 29.5 Å². The summed E-state index contributed by atoms with van der Waals surface area (Å²) in [6, 6.07) is 3.71. The smallest absolute Gasteiger partial charge is 0.333 e. The van der Waals surface area contributed by atoms with Crippen LogP contribution in [0.15, 0.2) is 53.5 Å². The third-order valence-electron chi connectivity index (χ3n) is 4.36. The van der Waals surface area contributed by atoms with Crippen LogP contribution in [0.25, 0.3) is 11.3 Å². The molecule has 2 heterocycles. The maximum Gasteiger partial charge on any atom is 0.333 e. The highest BCUT2D eigenvalue weighted by Crippen LogP contribution is 2.41. The molecule has 0 aliphatic heterocycles. The van der Waals surface area contributed by atoms with Crippen LogP contribution in [0.4, 0.5) is 0 Å². The first-order valence-electron chi connectivity index (χ1n) is 7.92. The lowest BCUT2D eigenvalue weighted by atomic mass is 9.79. The predicted octanol–water partition coefficient (Wildman–Crippen LogP) is 2.80. The predicted molar refractivity (Wildman–Crippen MR) is 94.1 cm³/mol. The summed E-state index contributed by atoms with van der Waals surface area (Å²) in [7, 11) is 0. The molecule has 1 aliphatic carbocycles. The number of aromatic nitrogens is 3. The van der Waals surface area contributed by atoms with E-state index in [1.165, 1.54) is 0 Å². The maximum absolute atomic E-state index is 11.6. The van der Waals surface area contributed by atoms with E-state index >= 15 is 0 Å². The summed E-state index contributed by atoms with van der Waals surface area (Å²) in [5.41, 5.74) is 2.73. The van der Waals surface area contributed by atoms with Gasteiger partial charge in [0.2, 0.25) is 0 Å². The highest BCUT2D eigenvalue weighted by atomic mass is 35.5. The highest BCUT2D eigenvalue weighted by Gasteiger charge is 2.32. The number of carbonyl (C=O) groups is 1. The lowest BCUT2D eigenvalue weighted by molar-refractivity contribution is -0.133.